The zero-order valence-corrected chi connectivity index (χ0v) is 10.0. The van der Waals surface area contributed by atoms with Crippen LogP contribution in [0.2, 0.25) is 0 Å². The largest absolute Gasteiger partial charge is 0.103 e. The molecular weight excluding hydrogens is 204 g/mol. The summed E-state index contributed by atoms with van der Waals surface area (Å²) in [5, 5.41) is 0. The summed E-state index contributed by atoms with van der Waals surface area (Å²) in [6, 6.07) is 10.5. The van der Waals surface area contributed by atoms with E-state index in [1.54, 1.807) is 0 Å². The van der Waals surface area contributed by atoms with Gasteiger partial charge in [0.15, 0.2) is 0 Å². The number of benzene rings is 1. The van der Waals surface area contributed by atoms with Crippen LogP contribution in [-0.4, -0.2) is 0 Å². The summed E-state index contributed by atoms with van der Waals surface area (Å²) >= 11 is 0. The summed E-state index contributed by atoms with van der Waals surface area (Å²) in [5.41, 5.74) is 2.56. The van der Waals surface area contributed by atoms with Crippen LogP contribution in [0.1, 0.15) is 12.0 Å². The quantitative estimate of drug-likeness (QED) is 0.651. The average molecular weight is 222 g/mol. The van der Waals surface area contributed by atoms with Crippen molar-refractivity contribution in [2.45, 2.75) is 6.42 Å². The van der Waals surface area contributed by atoms with Gasteiger partial charge in [-0.15, -0.1) is 13.2 Å². The van der Waals surface area contributed by atoms with Crippen LogP contribution in [0.4, 0.5) is 0 Å². The van der Waals surface area contributed by atoms with E-state index >= 15 is 0 Å². The molecule has 0 N–H and O–H groups in total. The van der Waals surface area contributed by atoms with Crippen LogP contribution < -0.4 is 0 Å². The normalized spacial score (nSPS) is 22.9. The molecule has 1 aliphatic rings. The Morgan fingerprint density at radius 1 is 1.12 bits per heavy atom. The van der Waals surface area contributed by atoms with Gasteiger partial charge in [-0.25, -0.2) is 0 Å². The van der Waals surface area contributed by atoms with Gasteiger partial charge in [0, 0.05) is 5.92 Å². The van der Waals surface area contributed by atoms with E-state index in [4.69, 9.17) is 0 Å². The lowest BCUT2D eigenvalue weighted by Crippen LogP contribution is -2.10. The first-order valence-electron chi connectivity index (χ1n) is 6.04. The molecule has 0 radical (unpaired) electrons. The molecule has 1 aromatic carbocycles. The molecule has 0 aliphatic heterocycles. The molecule has 2 unspecified atom stereocenters. The summed E-state index contributed by atoms with van der Waals surface area (Å²) in [4.78, 5) is 0. The van der Waals surface area contributed by atoms with E-state index in [-0.39, 0.29) is 0 Å². The zero-order valence-electron chi connectivity index (χ0n) is 10.0. The third-order valence-corrected chi connectivity index (χ3v) is 3.21. The number of hydrogen-bond donors (Lipinski definition) is 0. The molecule has 0 bridgehead atoms. The molecule has 2 atom stereocenters. The summed E-state index contributed by atoms with van der Waals surface area (Å²) < 4.78 is 0. The molecule has 1 aromatic rings. The highest BCUT2D eigenvalue weighted by molar-refractivity contribution is 5.75. The van der Waals surface area contributed by atoms with Crippen LogP contribution in [0.3, 0.4) is 0 Å². The van der Waals surface area contributed by atoms with E-state index in [1.807, 2.05) is 18.2 Å². The SMILES string of the molecule is C=CCC1C=CC(c2ccccc2)=CC1C=C. The number of allylic oxidation sites excluding steroid dienone is 6. The molecule has 0 heterocycles. The Balaban J connectivity index is 2.25. The maximum absolute atomic E-state index is 3.93. The second kappa shape index (κ2) is 5.49. The fourth-order valence-electron chi connectivity index (χ4n) is 2.24. The van der Waals surface area contributed by atoms with Crippen molar-refractivity contribution in [1.29, 1.82) is 0 Å². The van der Waals surface area contributed by atoms with Crippen molar-refractivity contribution in [3.8, 4) is 0 Å². The zero-order chi connectivity index (χ0) is 12.1. The lowest BCUT2D eigenvalue weighted by atomic mass is 9.82. The van der Waals surface area contributed by atoms with Gasteiger partial charge in [0.25, 0.3) is 0 Å². The van der Waals surface area contributed by atoms with Crippen molar-refractivity contribution < 1.29 is 0 Å². The highest BCUT2D eigenvalue weighted by Gasteiger charge is 2.17. The molecule has 0 saturated heterocycles. The monoisotopic (exact) mass is 222 g/mol. The van der Waals surface area contributed by atoms with Crippen molar-refractivity contribution in [3.05, 3.63) is 79.4 Å². The Morgan fingerprint density at radius 3 is 2.53 bits per heavy atom. The van der Waals surface area contributed by atoms with E-state index in [0.717, 1.165) is 6.42 Å². The summed E-state index contributed by atoms with van der Waals surface area (Å²) in [5.74, 6) is 0.922. The summed E-state index contributed by atoms with van der Waals surface area (Å²) in [7, 11) is 0. The van der Waals surface area contributed by atoms with E-state index < -0.39 is 0 Å². The molecule has 0 aromatic heterocycles. The van der Waals surface area contributed by atoms with E-state index in [2.05, 4.69) is 55.7 Å². The van der Waals surface area contributed by atoms with Gasteiger partial charge < -0.3 is 0 Å². The molecule has 1 aliphatic carbocycles. The molecule has 2 rings (SSSR count). The van der Waals surface area contributed by atoms with Gasteiger partial charge in [-0.2, -0.15) is 0 Å². The third-order valence-electron chi connectivity index (χ3n) is 3.21. The van der Waals surface area contributed by atoms with Crippen LogP contribution >= 0.6 is 0 Å². The van der Waals surface area contributed by atoms with Crippen molar-refractivity contribution in [2.75, 3.05) is 0 Å². The van der Waals surface area contributed by atoms with Gasteiger partial charge in [-0.05, 0) is 23.5 Å². The standard InChI is InChI=1S/C17H18/c1-3-8-15-11-12-17(13-14(15)4-2)16-9-6-5-7-10-16/h3-7,9-15H,1-2,8H2. The molecule has 0 fully saturated rings. The smallest absolute Gasteiger partial charge is 0.00190 e. The van der Waals surface area contributed by atoms with Gasteiger partial charge in [0.05, 0.1) is 0 Å². The van der Waals surface area contributed by atoms with Gasteiger partial charge >= 0.3 is 0 Å². The van der Waals surface area contributed by atoms with Crippen LogP contribution in [0.15, 0.2) is 73.9 Å². The van der Waals surface area contributed by atoms with Crippen LogP contribution in [-0.2, 0) is 0 Å². The van der Waals surface area contributed by atoms with Crippen molar-refractivity contribution in [1.82, 2.24) is 0 Å². The molecule has 0 spiro atoms. The average Bonchev–Trinajstić information content (AvgIpc) is 2.40. The Kier molecular flexibility index (Phi) is 3.77. The second-order valence-electron chi connectivity index (χ2n) is 4.35. The van der Waals surface area contributed by atoms with E-state index in [0.29, 0.717) is 11.8 Å². The first kappa shape index (κ1) is 11.7. The van der Waals surface area contributed by atoms with Crippen molar-refractivity contribution in [2.24, 2.45) is 11.8 Å². The van der Waals surface area contributed by atoms with Crippen LogP contribution in [0.25, 0.3) is 5.57 Å². The highest BCUT2D eigenvalue weighted by atomic mass is 14.2. The summed E-state index contributed by atoms with van der Waals surface area (Å²) in [6.07, 6.45) is 11.8. The van der Waals surface area contributed by atoms with Gasteiger partial charge in [-0.1, -0.05) is 60.7 Å². The van der Waals surface area contributed by atoms with Gasteiger partial charge in [0.2, 0.25) is 0 Å². The fourth-order valence-corrected chi connectivity index (χ4v) is 2.24. The summed E-state index contributed by atoms with van der Waals surface area (Å²) in [6.45, 7) is 7.74. The van der Waals surface area contributed by atoms with Gasteiger partial charge in [-0.3, -0.25) is 0 Å². The molecule has 0 saturated carbocycles. The molecule has 0 heteroatoms. The third kappa shape index (κ3) is 2.65. The molecule has 0 nitrogen and oxygen atoms in total. The Bertz CT molecular complexity index is 448. The highest BCUT2D eigenvalue weighted by Crippen LogP contribution is 2.31. The predicted molar refractivity (Wildman–Crippen MR) is 75.6 cm³/mol. The predicted octanol–water partition coefficient (Wildman–Crippen LogP) is 4.63. The topological polar surface area (TPSA) is 0 Å². The maximum Gasteiger partial charge on any atom is 0.00190 e. The maximum atomic E-state index is 3.93. The molecule has 0 amide bonds. The first-order chi connectivity index (χ1) is 8.35. The van der Waals surface area contributed by atoms with Crippen molar-refractivity contribution >= 4 is 5.57 Å². The van der Waals surface area contributed by atoms with Crippen LogP contribution in [0.5, 0.6) is 0 Å². The Hall–Kier alpha value is -1.82. The molecular formula is C17H18. The Morgan fingerprint density at radius 2 is 1.88 bits per heavy atom. The van der Waals surface area contributed by atoms with Crippen LogP contribution in [0, 0.1) is 11.8 Å². The fraction of sp³-hybridized carbons (Fsp3) is 0.176. The Labute approximate surface area is 104 Å². The number of hydrogen-bond acceptors (Lipinski definition) is 0. The van der Waals surface area contributed by atoms with Crippen molar-refractivity contribution in [3.63, 3.8) is 0 Å². The lowest BCUT2D eigenvalue weighted by molar-refractivity contribution is 0.561. The second-order valence-corrected chi connectivity index (χ2v) is 4.35. The minimum absolute atomic E-state index is 0.410. The lowest BCUT2D eigenvalue weighted by Gasteiger charge is -2.22. The first-order valence-corrected chi connectivity index (χ1v) is 6.04. The number of rotatable bonds is 4. The minimum atomic E-state index is 0.410. The van der Waals surface area contributed by atoms with E-state index in [1.165, 1.54) is 11.1 Å². The minimum Gasteiger partial charge on any atom is -0.103 e. The van der Waals surface area contributed by atoms with Gasteiger partial charge in [0.1, 0.15) is 0 Å². The van der Waals surface area contributed by atoms with E-state index in [9.17, 15) is 0 Å². The molecule has 17 heavy (non-hydrogen) atoms. The molecule has 86 valence electrons.